The van der Waals surface area contributed by atoms with Gasteiger partial charge in [-0.3, -0.25) is 5.41 Å². The average Bonchev–Trinajstić information content (AvgIpc) is 2.50. The summed E-state index contributed by atoms with van der Waals surface area (Å²) in [7, 11) is 3.63. The van der Waals surface area contributed by atoms with Gasteiger partial charge < -0.3 is 16.0 Å². The quantitative estimate of drug-likeness (QED) is 0.586. The first kappa shape index (κ1) is 15.6. The minimum Gasteiger partial charge on any atom is -0.385 e. The highest BCUT2D eigenvalue weighted by Gasteiger charge is 2.04. The number of nitrogens with zero attached hydrogens (tertiary/aromatic N) is 1. The van der Waals surface area contributed by atoms with Gasteiger partial charge in [-0.1, -0.05) is 48.5 Å². The maximum atomic E-state index is 7.80. The van der Waals surface area contributed by atoms with Gasteiger partial charge in [0.15, 0.2) is 0 Å². The Morgan fingerprint density at radius 3 is 2.41 bits per heavy atom. The molecule has 0 unspecified atom stereocenters. The number of benzene rings is 2. The molecule has 0 aromatic heterocycles. The van der Waals surface area contributed by atoms with Crippen molar-refractivity contribution in [3.63, 3.8) is 0 Å². The lowest BCUT2D eigenvalue weighted by Gasteiger charge is -2.14. The molecule has 4 heteroatoms. The van der Waals surface area contributed by atoms with E-state index in [0.717, 1.165) is 12.1 Å². The van der Waals surface area contributed by atoms with Crippen LogP contribution in [0, 0.1) is 5.41 Å². The Balaban J connectivity index is 2.17. The van der Waals surface area contributed by atoms with Crippen LogP contribution in [0.3, 0.4) is 0 Å². The summed E-state index contributed by atoms with van der Waals surface area (Å²) in [5.41, 5.74) is 9.37. The van der Waals surface area contributed by atoms with Crippen molar-refractivity contribution in [3.8, 4) is 0 Å². The Hall–Kier alpha value is -2.75. The van der Waals surface area contributed by atoms with Crippen molar-refractivity contribution in [2.45, 2.75) is 6.42 Å². The number of nitrogens with two attached hydrogens (primary N) is 1. The molecule has 0 amide bonds. The topological polar surface area (TPSA) is 65.1 Å². The summed E-state index contributed by atoms with van der Waals surface area (Å²) in [6.45, 7) is 0. The van der Waals surface area contributed by atoms with Crippen molar-refractivity contribution in [3.05, 3.63) is 77.6 Å². The third-order valence-electron chi connectivity index (χ3n) is 3.31. The molecule has 0 heterocycles. The summed E-state index contributed by atoms with van der Waals surface area (Å²) < 4.78 is 0. The molecular formula is C18H22N4. The zero-order valence-corrected chi connectivity index (χ0v) is 13.0. The van der Waals surface area contributed by atoms with Crippen LogP contribution in [0.1, 0.15) is 11.1 Å². The molecular weight excluding hydrogens is 272 g/mol. The molecule has 114 valence electrons. The van der Waals surface area contributed by atoms with Gasteiger partial charge >= 0.3 is 0 Å². The van der Waals surface area contributed by atoms with Crippen LogP contribution < -0.4 is 11.1 Å². The maximum absolute atomic E-state index is 7.80. The van der Waals surface area contributed by atoms with Crippen LogP contribution in [0.2, 0.25) is 0 Å². The van der Waals surface area contributed by atoms with Gasteiger partial charge in [0.25, 0.3) is 0 Å². The van der Waals surface area contributed by atoms with Crippen molar-refractivity contribution in [1.29, 1.82) is 5.41 Å². The summed E-state index contributed by atoms with van der Waals surface area (Å²) in [6.07, 6.45) is 2.45. The molecule has 2 aromatic carbocycles. The van der Waals surface area contributed by atoms with Crippen molar-refractivity contribution in [2.24, 2.45) is 5.73 Å². The van der Waals surface area contributed by atoms with E-state index in [9.17, 15) is 0 Å². The van der Waals surface area contributed by atoms with Crippen LogP contribution in [0.5, 0.6) is 0 Å². The fourth-order valence-electron chi connectivity index (χ4n) is 2.08. The Morgan fingerprint density at radius 2 is 1.73 bits per heavy atom. The number of hydrogen-bond donors (Lipinski definition) is 3. The van der Waals surface area contributed by atoms with Gasteiger partial charge in [-0.2, -0.15) is 0 Å². The number of anilines is 1. The minimum atomic E-state index is 0.352. The van der Waals surface area contributed by atoms with Gasteiger partial charge in [-0.05, 0) is 23.6 Å². The highest BCUT2D eigenvalue weighted by atomic mass is 15.1. The third-order valence-corrected chi connectivity index (χ3v) is 3.31. The van der Waals surface area contributed by atoms with E-state index >= 15 is 0 Å². The molecule has 22 heavy (non-hydrogen) atoms. The van der Waals surface area contributed by atoms with Crippen LogP contribution in [-0.4, -0.2) is 24.8 Å². The first-order chi connectivity index (χ1) is 10.6. The molecule has 0 bridgehead atoms. The molecule has 0 aliphatic heterocycles. The van der Waals surface area contributed by atoms with E-state index in [2.05, 4.69) is 23.5 Å². The molecule has 0 aliphatic rings. The fourth-order valence-corrected chi connectivity index (χ4v) is 2.08. The Labute approximate surface area is 131 Å². The second-order valence-corrected chi connectivity index (χ2v) is 5.32. The van der Waals surface area contributed by atoms with Crippen molar-refractivity contribution in [2.75, 3.05) is 19.4 Å². The highest BCUT2D eigenvalue weighted by molar-refractivity contribution is 5.90. The molecule has 2 aromatic rings. The molecule has 0 saturated heterocycles. The SMILES string of the molecule is CN(C)C(=N)/C=C(\N)Nc1ccccc1Cc1ccccc1. The number of likely N-dealkylation sites (N-methyl/N-ethyl adjacent to an activating group) is 1. The summed E-state index contributed by atoms with van der Waals surface area (Å²) >= 11 is 0. The summed E-state index contributed by atoms with van der Waals surface area (Å²) in [4.78, 5) is 1.70. The zero-order chi connectivity index (χ0) is 15.9. The van der Waals surface area contributed by atoms with Gasteiger partial charge in [0.1, 0.15) is 11.7 Å². The number of nitrogens with one attached hydrogen (secondary N) is 2. The molecule has 4 N–H and O–H groups in total. The fraction of sp³-hybridized carbons (Fsp3) is 0.167. The standard InChI is InChI=1S/C18H22N4/c1-22(2)18(20)13-17(19)21-16-11-7-6-10-15(16)12-14-8-4-3-5-9-14/h3-11,13,20-21H,12,19H2,1-2H3/b17-13+,20-18?. The second kappa shape index (κ2) is 7.31. The first-order valence-corrected chi connectivity index (χ1v) is 7.18. The Kier molecular flexibility index (Phi) is 5.20. The van der Waals surface area contributed by atoms with E-state index in [1.807, 2.05) is 50.5 Å². The summed E-state index contributed by atoms with van der Waals surface area (Å²) in [5.74, 6) is 0.810. The normalized spacial score (nSPS) is 11.1. The molecule has 0 fully saturated rings. The van der Waals surface area contributed by atoms with E-state index < -0.39 is 0 Å². The van der Waals surface area contributed by atoms with Crippen LogP contribution in [0.4, 0.5) is 5.69 Å². The lowest BCUT2D eigenvalue weighted by Crippen LogP contribution is -2.22. The summed E-state index contributed by atoms with van der Waals surface area (Å²) in [6, 6.07) is 18.4. The molecule has 0 radical (unpaired) electrons. The number of amidine groups is 1. The molecule has 0 spiro atoms. The largest absolute Gasteiger partial charge is 0.385 e. The van der Waals surface area contributed by atoms with E-state index in [-0.39, 0.29) is 0 Å². The molecule has 4 nitrogen and oxygen atoms in total. The van der Waals surface area contributed by atoms with Gasteiger partial charge in [0.2, 0.25) is 0 Å². The van der Waals surface area contributed by atoms with Crippen molar-refractivity contribution in [1.82, 2.24) is 4.90 Å². The highest BCUT2D eigenvalue weighted by Crippen LogP contribution is 2.19. The van der Waals surface area contributed by atoms with Gasteiger partial charge in [0, 0.05) is 25.9 Å². The van der Waals surface area contributed by atoms with Gasteiger partial charge in [0.05, 0.1) is 0 Å². The van der Waals surface area contributed by atoms with Crippen molar-refractivity contribution >= 4 is 11.5 Å². The van der Waals surface area contributed by atoms with Crippen LogP contribution in [-0.2, 0) is 6.42 Å². The van der Waals surface area contributed by atoms with E-state index in [0.29, 0.717) is 11.7 Å². The minimum absolute atomic E-state index is 0.352. The lowest BCUT2D eigenvalue weighted by molar-refractivity contribution is 0.621. The predicted molar refractivity (Wildman–Crippen MR) is 93.0 cm³/mol. The maximum Gasteiger partial charge on any atom is 0.123 e. The van der Waals surface area contributed by atoms with E-state index in [1.54, 1.807) is 11.0 Å². The smallest absolute Gasteiger partial charge is 0.123 e. The second-order valence-electron chi connectivity index (χ2n) is 5.32. The third kappa shape index (κ3) is 4.38. The van der Waals surface area contributed by atoms with Crippen molar-refractivity contribution < 1.29 is 0 Å². The van der Waals surface area contributed by atoms with Crippen LogP contribution in [0.25, 0.3) is 0 Å². The van der Waals surface area contributed by atoms with E-state index in [4.69, 9.17) is 11.1 Å². The first-order valence-electron chi connectivity index (χ1n) is 7.18. The average molecular weight is 294 g/mol. The summed E-state index contributed by atoms with van der Waals surface area (Å²) in [5, 5.41) is 11.0. The van der Waals surface area contributed by atoms with Crippen LogP contribution in [0.15, 0.2) is 66.5 Å². The monoisotopic (exact) mass is 294 g/mol. The van der Waals surface area contributed by atoms with Gasteiger partial charge in [-0.15, -0.1) is 0 Å². The Morgan fingerprint density at radius 1 is 1.09 bits per heavy atom. The van der Waals surface area contributed by atoms with Crippen LogP contribution >= 0.6 is 0 Å². The molecule has 0 atom stereocenters. The number of hydrogen-bond acceptors (Lipinski definition) is 3. The molecule has 0 saturated carbocycles. The Bertz CT molecular complexity index is 660. The lowest BCUT2D eigenvalue weighted by atomic mass is 10.0. The zero-order valence-electron chi connectivity index (χ0n) is 13.0. The molecule has 2 rings (SSSR count). The number of para-hydroxylation sites is 1. The van der Waals surface area contributed by atoms with E-state index in [1.165, 1.54) is 11.1 Å². The predicted octanol–water partition coefficient (Wildman–Crippen LogP) is 3.03. The number of rotatable bonds is 5. The van der Waals surface area contributed by atoms with Gasteiger partial charge in [-0.25, -0.2) is 0 Å². The molecule has 0 aliphatic carbocycles.